The zero-order chi connectivity index (χ0) is 12.1. The van der Waals surface area contributed by atoms with Gasteiger partial charge in [0.2, 0.25) is 0 Å². The number of carbonyl (C=O) groups excluding carboxylic acids is 1. The molecule has 0 bridgehead atoms. The predicted octanol–water partition coefficient (Wildman–Crippen LogP) is -0.475. The summed E-state index contributed by atoms with van der Waals surface area (Å²) in [6, 6.07) is -0.409. The van der Waals surface area contributed by atoms with E-state index in [0.29, 0.717) is 6.54 Å². The van der Waals surface area contributed by atoms with Crippen molar-refractivity contribution in [3.63, 3.8) is 0 Å². The monoisotopic (exact) mass is 227 g/mol. The zero-order valence-electron chi connectivity index (χ0n) is 9.04. The maximum atomic E-state index is 11.8. The lowest BCUT2D eigenvalue weighted by atomic mass is 10.2. The topological polar surface area (TPSA) is 112 Å². The van der Waals surface area contributed by atoms with Crippen LogP contribution in [0.25, 0.3) is 0 Å². The molecule has 1 unspecified atom stereocenters. The summed E-state index contributed by atoms with van der Waals surface area (Å²) in [4.78, 5) is 23.7. The Kier molecular flexibility index (Phi) is 3.92. The van der Waals surface area contributed by atoms with Crippen molar-refractivity contribution in [1.29, 1.82) is 0 Å². The molecule has 1 aromatic heterocycles. The molecule has 0 aromatic carbocycles. The highest BCUT2D eigenvalue weighted by molar-refractivity contribution is 5.90. The molecule has 1 rings (SSSR count). The Balaban J connectivity index is 2.74. The molecule has 0 spiro atoms. The number of carbonyl (C=O) groups is 2. The minimum atomic E-state index is -0.952. The molecule has 1 amide bonds. The Labute approximate surface area is 91.6 Å². The number of hydrogen-bond acceptors (Lipinski definition) is 5. The van der Waals surface area contributed by atoms with Gasteiger partial charge in [0.1, 0.15) is 0 Å². The van der Waals surface area contributed by atoms with Gasteiger partial charge in [0.15, 0.2) is 0 Å². The minimum Gasteiger partial charge on any atom is -0.481 e. The molecule has 1 heterocycles. The molecule has 2 N–H and O–H groups in total. The number of tetrazole rings is 1. The van der Waals surface area contributed by atoms with E-state index in [4.69, 9.17) is 5.11 Å². The summed E-state index contributed by atoms with van der Waals surface area (Å²) in [5.74, 6) is -1.43. The second-order valence-electron chi connectivity index (χ2n) is 3.27. The van der Waals surface area contributed by atoms with Gasteiger partial charge in [-0.05, 0) is 19.1 Å². The predicted molar refractivity (Wildman–Crippen MR) is 52.6 cm³/mol. The number of amides is 1. The molecule has 16 heavy (non-hydrogen) atoms. The fourth-order valence-electron chi connectivity index (χ4n) is 1.40. The van der Waals surface area contributed by atoms with Crippen molar-refractivity contribution in [2.45, 2.75) is 26.3 Å². The van der Waals surface area contributed by atoms with Crippen molar-refractivity contribution in [2.75, 3.05) is 6.54 Å². The van der Waals surface area contributed by atoms with Crippen LogP contribution < -0.4 is 0 Å². The Morgan fingerprint density at radius 2 is 2.25 bits per heavy atom. The Hall–Kier alpha value is -1.99. The van der Waals surface area contributed by atoms with Crippen LogP contribution in [-0.4, -0.2) is 55.1 Å². The average molecular weight is 227 g/mol. The first kappa shape index (κ1) is 12.1. The number of aliphatic carboxylic acids is 1. The molecular weight excluding hydrogens is 214 g/mol. The first-order chi connectivity index (χ1) is 7.56. The first-order valence-corrected chi connectivity index (χ1v) is 4.82. The minimum absolute atomic E-state index is 0.0564. The second-order valence-corrected chi connectivity index (χ2v) is 3.27. The van der Waals surface area contributed by atoms with E-state index in [1.807, 2.05) is 0 Å². The second kappa shape index (κ2) is 5.19. The third kappa shape index (κ3) is 2.75. The van der Waals surface area contributed by atoms with Crippen LogP contribution in [0.1, 0.15) is 30.9 Å². The SMILES string of the molecule is CCN(C(=O)c1nn[nH]n1)C(C)CC(=O)O. The van der Waals surface area contributed by atoms with Gasteiger partial charge in [-0.25, -0.2) is 0 Å². The summed E-state index contributed by atoms with van der Waals surface area (Å²) in [6.07, 6.45) is -0.114. The van der Waals surface area contributed by atoms with Crippen LogP contribution in [0.4, 0.5) is 0 Å². The van der Waals surface area contributed by atoms with E-state index in [0.717, 1.165) is 0 Å². The van der Waals surface area contributed by atoms with Crippen molar-refractivity contribution < 1.29 is 14.7 Å². The lowest BCUT2D eigenvalue weighted by molar-refractivity contribution is -0.138. The van der Waals surface area contributed by atoms with E-state index >= 15 is 0 Å². The molecule has 0 saturated carbocycles. The zero-order valence-corrected chi connectivity index (χ0v) is 9.04. The molecule has 1 atom stereocenters. The highest BCUT2D eigenvalue weighted by Crippen LogP contribution is 2.07. The number of H-pyrrole nitrogens is 1. The van der Waals surface area contributed by atoms with E-state index in [1.54, 1.807) is 13.8 Å². The Morgan fingerprint density at radius 1 is 1.56 bits per heavy atom. The molecule has 88 valence electrons. The van der Waals surface area contributed by atoms with Gasteiger partial charge in [-0.2, -0.15) is 5.21 Å². The number of carboxylic acid groups (broad SMARTS) is 1. The number of rotatable bonds is 5. The molecule has 0 aliphatic heterocycles. The van der Waals surface area contributed by atoms with Crippen LogP contribution in [0.5, 0.6) is 0 Å². The molecule has 0 aliphatic carbocycles. The van der Waals surface area contributed by atoms with E-state index in [2.05, 4.69) is 20.6 Å². The molecular formula is C8H13N5O3. The lowest BCUT2D eigenvalue weighted by Crippen LogP contribution is -2.40. The Morgan fingerprint density at radius 3 is 2.69 bits per heavy atom. The highest BCUT2D eigenvalue weighted by Gasteiger charge is 2.24. The standard InChI is InChI=1S/C8H13N5O3/c1-3-13(5(2)4-6(14)15)8(16)7-9-11-12-10-7/h5H,3-4H2,1-2H3,(H,14,15)(H,9,10,11,12). The van der Waals surface area contributed by atoms with Crippen LogP contribution in [-0.2, 0) is 4.79 Å². The molecule has 8 heteroatoms. The molecule has 1 aromatic rings. The van der Waals surface area contributed by atoms with E-state index in [1.165, 1.54) is 4.90 Å². The third-order valence-corrected chi connectivity index (χ3v) is 2.14. The van der Waals surface area contributed by atoms with Crippen LogP contribution in [0.15, 0.2) is 0 Å². The van der Waals surface area contributed by atoms with Crippen molar-refractivity contribution in [3.05, 3.63) is 5.82 Å². The molecule has 0 radical (unpaired) electrons. The van der Waals surface area contributed by atoms with Gasteiger partial charge in [-0.15, -0.1) is 10.2 Å². The molecule has 0 saturated heterocycles. The number of aromatic nitrogens is 4. The molecule has 0 aliphatic rings. The van der Waals surface area contributed by atoms with Crippen molar-refractivity contribution in [1.82, 2.24) is 25.5 Å². The number of nitrogens with one attached hydrogen (secondary N) is 1. The number of carboxylic acids is 1. The maximum Gasteiger partial charge on any atom is 0.305 e. The summed E-state index contributed by atoms with van der Waals surface area (Å²) in [5, 5.41) is 21.2. The van der Waals surface area contributed by atoms with Gasteiger partial charge in [0.25, 0.3) is 11.7 Å². The first-order valence-electron chi connectivity index (χ1n) is 4.82. The summed E-state index contributed by atoms with van der Waals surface area (Å²) >= 11 is 0. The van der Waals surface area contributed by atoms with Crippen LogP contribution in [0, 0.1) is 0 Å². The largest absolute Gasteiger partial charge is 0.481 e. The summed E-state index contributed by atoms with van der Waals surface area (Å²) in [6.45, 7) is 3.81. The lowest BCUT2D eigenvalue weighted by Gasteiger charge is -2.25. The van der Waals surface area contributed by atoms with Crippen LogP contribution >= 0.6 is 0 Å². The van der Waals surface area contributed by atoms with Crippen molar-refractivity contribution >= 4 is 11.9 Å². The van der Waals surface area contributed by atoms with E-state index in [-0.39, 0.29) is 12.2 Å². The van der Waals surface area contributed by atoms with Gasteiger partial charge in [0.05, 0.1) is 6.42 Å². The Bertz CT molecular complexity index is 364. The summed E-state index contributed by atoms with van der Waals surface area (Å²) < 4.78 is 0. The van der Waals surface area contributed by atoms with Crippen molar-refractivity contribution in [2.24, 2.45) is 0 Å². The normalized spacial score (nSPS) is 12.1. The summed E-state index contributed by atoms with van der Waals surface area (Å²) in [5.41, 5.74) is 0. The molecule has 8 nitrogen and oxygen atoms in total. The highest BCUT2D eigenvalue weighted by atomic mass is 16.4. The third-order valence-electron chi connectivity index (χ3n) is 2.14. The van der Waals surface area contributed by atoms with Gasteiger partial charge >= 0.3 is 5.97 Å². The smallest absolute Gasteiger partial charge is 0.305 e. The van der Waals surface area contributed by atoms with E-state index < -0.39 is 17.9 Å². The number of aromatic amines is 1. The fraction of sp³-hybridized carbons (Fsp3) is 0.625. The summed E-state index contributed by atoms with van der Waals surface area (Å²) in [7, 11) is 0. The number of hydrogen-bond donors (Lipinski definition) is 2. The van der Waals surface area contributed by atoms with Gasteiger partial charge in [-0.3, -0.25) is 9.59 Å². The fourth-order valence-corrected chi connectivity index (χ4v) is 1.40. The average Bonchev–Trinajstić information content (AvgIpc) is 2.69. The van der Waals surface area contributed by atoms with Crippen LogP contribution in [0.3, 0.4) is 0 Å². The van der Waals surface area contributed by atoms with Crippen molar-refractivity contribution in [3.8, 4) is 0 Å². The van der Waals surface area contributed by atoms with Gasteiger partial charge in [0, 0.05) is 12.6 Å². The van der Waals surface area contributed by atoms with E-state index in [9.17, 15) is 9.59 Å². The van der Waals surface area contributed by atoms with Gasteiger partial charge < -0.3 is 10.0 Å². The molecule has 0 fully saturated rings. The quantitative estimate of drug-likeness (QED) is 0.702. The van der Waals surface area contributed by atoms with Crippen LogP contribution in [0.2, 0.25) is 0 Å². The van der Waals surface area contributed by atoms with Gasteiger partial charge in [-0.1, -0.05) is 0 Å². The number of nitrogens with zero attached hydrogens (tertiary/aromatic N) is 4. The maximum absolute atomic E-state index is 11.8.